The van der Waals surface area contributed by atoms with Gasteiger partial charge in [0.2, 0.25) is 0 Å². The van der Waals surface area contributed by atoms with E-state index in [1.807, 2.05) is 0 Å². The molecule has 0 aromatic heterocycles. The first-order valence-corrected chi connectivity index (χ1v) is 8.50. The Kier molecular flexibility index (Phi) is 4.90. The summed E-state index contributed by atoms with van der Waals surface area (Å²) < 4.78 is 59.7. The number of nitrogens with one attached hydrogen (secondary N) is 1. The summed E-state index contributed by atoms with van der Waals surface area (Å²) in [7, 11) is -7.95. The third-order valence-electron chi connectivity index (χ3n) is 2.97. The normalized spacial score (nSPS) is 26.2. The monoisotopic (exact) mass is 287 g/mol. The molecule has 2 atom stereocenters. The first-order chi connectivity index (χ1) is 7.67. The molecule has 0 bridgehead atoms. The summed E-state index contributed by atoms with van der Waals surface area (Å²) in [5.74, 6) is -0.610. The topological polar surface area (TPSA) is 121 Å². The lowest BCUT2D eigenvalue weighted by Crippen LogP contribution is -2.20. The van der Waals surface area contributed by atoms with E-state index in [2.05, 4.69) is 5.32 Å². The summed E-state index contributed by atoms with van der Waals surface area (Å²) in [6, 6.07) is 0. The summed E-state index contributed by atoms with van der Waals surface area (Å²) in [5.41, 5.74) is 0. The maximum Gasteiger partial charge on any atom is 0.264 e. The second kappa shape index (κ2) is 5.61. The molecule has 1 aliphatic rings. The summed E-state index contributed by atoms with van der Waals surface area (Å²) in [6.07, 6.45) is 0.587. The molecule has 1 rings (SSSR count). The first-order valence-electron chi connectivity index (χ1n) is 5.28. The van der Waals surface area contributed by atoms with Gasteiger partial charge in [-0.15, -0.1) is 0 Å². The summed E-state index contributed by atoms with van der Waals surface area (Å²) in [5, 5.41) is 3.04. The molecule has 1 saturated heterocycles. The standard InChI is InChI=1S/C8H17NO6S2/c10-16(11,12)3-1-7-5-9-6-8(7)2-4-17(13,14)15/h7-9H,1-6H2,(H,10,11,12)(H,13,14,15). The highest BCUT2D eigenvalue weighted by Gasteiger charge is 2.28. The quantitative estimate of drug-likeness (QED) is 0.556. The van der Waals surface area contributed by atoms with Gasteiger partial charge in [-0.05, 0) is 37.8 Å². The van der Waals surface area contributed by atoms with Gasteiger partial charge in [0.15, 0.2) is 0 Å². The van der Waals surface area contributed by atoms with Crippen molar-refractivity contribution in [3.05, 3.63) is 0 Å². The number of rotatable bonds is 6. The summed E-state index contributed by atoms with van der Waals surface area (Å²) in [4.78, 5) is 0. The van der Waals surface area contributed by atoms with E-state index in [-0.39, 0.29) is 23.3 Å². The number of hydrogen-bond acceptors (Lipinski definition) is 5. The minimum absolute atomic E-state index is 0.0127. The molecule has 7 nitrogen and oxygen atoms in total. The van der Waals surface area contributed by atoms with E-state index >= 15 is 0 Å². The third-order valence-corrected chi connectivity index (χ3v) is 4.48. The van der Waals surface area contributed by atoms with Crippen LogP contribution < -0.4 is 5.32 Å². The Balaban J connectivity index is 2.44. The fourth-order valence-electron chi connectivity index (χ4n) is 2.06. The van der Waals surface area contributed by atoms with E-state index in [1.54, 1.807) is 0 Å². The minimum Gasteiger partial charge on any atom is -0.316 e. The predicted octanol–water partition coefficient (Wildman–Crippen LogP) is -0.622. The molecule has 1 fully saturated rings. The van der Waals surface area contributed by atoms with Gasteiger partial charge in [-0.25, -0.2) is 0 Å². The predicted molar refractivity (Wildman–Crippen MR) is 61.9 cm³/mol. The average Bonchev–Trinajstić information content (AvgIpc) is 2.56. The van der Waals surface area contributed by atoms with Crippen LogP contribution in [0.25, 0.3) is 0 Å². The molecule has 0 aliphatic carbocycles. The molecule has 0 aromatic rings. The fourth-order valence-corrected chi connectivity index (χ4v) is 3.26. The van der Waals surface area contributed by atoms with Gasteiger partial charge in [-0.3, -0.25) is 9.11 Å². The van der Waals surface area contributed by atoms with Crippen LogP contribution in [0.15, 0.2) is 0 Å². The van der Waals surface area contributed by atoms with Crippen LogP contribution in [0.3, 0.4) is 0 Å². The molecule has 1 heterocycles. The highest BCUT2D eigenvalue weighted by atomic mass is 32.2. The molecule has 0 saturated carbocycles. The largest absolute Gasteiger partial charge is 0.316 e. The Morgan fingerprint density at radius 2 is 1.24 bits per heavy atom. The molecule has 0 aromatic carbocycles. The van der Waals surface area contributed by atoms with Crippen molar-refractivity contribution in [2.75, 3.05) is 24.6 Å². The van der Waals surface area contributed by atoms with E-state index in [9.17, 15) is 16.8 Å². The zero-order valence-corrected chi connectivity index (χ0v) is 10.9. The lowest BCUT2D eigenvalue weighted by atomic mass is 9.91. The highest BCUT2D eigenvalue weighted by Crippen LogP contribution is 2.24. The van der Waals surface area contributed by atoms with Crippen LogP contribution in [-0.4, -0.2) is 50.5 Å². The van der Waals surface area contributed by atoms with Crippen molar-refractivity contribution < 1.29 is 25.9 Å². The third kappa shape index (κ3) is 6.32. The van der Waals surface area contributed by atoms with Gasteiger partial charge in [0, 0.05) is 0 Å². The molecular weight excluding hydrogens is 270 g/mol. The minimum atomic E-state index is -3.97. The zero-order chi connectivity index (χ0) is 13.1. The van der Waals surface area contributed by atoms with Gasteiger partial charge in [-0.2, -0.15) is 16.8 Å². The van der Waals surface area contributed by atoms with E-state index in [4.69, 9.17) is 9.11 Å². The van der Waals surface area contributed by atoms with Crippen molar-refractivity contribution >= 4 is 20.2 Å². The Morgan fingerprint density at radius 1 is 0.882 bits per heavy atom. The van der Waals surface area contributed by atoms with Gasteiger partial charge in [0.25, 0.3) is 20.2 Å². The molecule has 0 radical (unpaired) electrons. The molecule has 0 amide bonds. The van der Waals surface area contributed by atoms with Gasteiger partial charge < -0.3 is 5.32 Å². The molecule has 3 N–H and O–H groups in total. The van der Waals surface area contributed by atoms with Crippen LogP contribution in [0.1, 0.15) is 12.8 Å². The smallest absolute Gasteiger partial charge is 0.264 e. The van der Waals surface area contributed by atoms with Gasteiger partial charge in [-0.1, -0.05) is 0 Å². The van der Waals surface area contributed by atoms with E-state index in [0.717, 1.165) is 0 Å². The van der Waals surface area contributed by atoms with Crippen molar-refractivity contribution in [3.63, 3.8) is 0 Å². The van der Waals surface area contributed by atoms with Gasteiger partial charge in [0.05, 0.1) is 11.5 Å². The molecule has 2 unspecified atom stereocenters. The van der Waals surface area contributed by atoms with Crippen LogP contribution in [0, 0.1) is 11.8 Å². The number of hydrogen-bond donors (Lipinski definition) is 3. The van der Waals surface area contributed by atoms with Crippen molar-refractivity contribution in [2.24, 2.45) is 11.8 Å². The van der Waals surface area contributed by atoms with Gasteiger partial charge >= 0.3 is 0 Å². The highest BCUT2D eigenvalue weighted by molar-refractivity contribution is 7.86. The second-order valence-electron chi connectivity index (χ2n) is 4.33. The Labute approximate surface area is 101 Å². The molecule has 1 aliphatic heterocycles. The maximum atomic E-state index is 10.6. The van der Waals surface area contributed by atoms with Crippen LogP contribution >= 0.6 is 0 Å². The molecule has 9 heteroatoms. The zero-order valence-electron chi connectivity index (χ0n) is 9.24. The van der Waals surface area contributed by atoms with Crippen LogP contribution in [0.2, 0.25) is 0 Å². The maximum absolute atomic E-state index is 10.6. The van der Waals surface area contributed by atoms with Crippen molar-refractivity contribution in [3.8, 4) is 0 Å². The molecule has 102 valence electrons. The Bertz CT molecular complexity index is 401. The van der Waals surface area contributed by atoms with E-state index < -0.39 is 20.2 Å². The van der Waals surface area contributed by atoms with Crippen molar-refractivity contribution in [2.45, 2.75) is 12.8 Å². The Hall–Kier alpha value is -0.220. The first kappa shape index (κ1) is 14.8. The summed E-state index contributed by atoms with van der Waals surface area (Å²) in [6.45, 7) is 1.21. The molecular formula is C8H17NO6S2. The van der Waals surface area contributed by atoms with Crippen molar-refractivity contribution in [1.82, 2.24) is 5.32 Å². The van der Waals surface area contributed by atoms with Crippen molar-refractivity contribution in [1.29, 1.82) is 0 Å². The van der Waals surface area contributed by atoms with E-state index in [0.29, 0.717) is 25.9 Å². The fraction of sp³-hybridized carbons (Fsp3) is 1.00. The van der Waals surface area contributed by atoms with Crippen LogP contribution in [-0.2, 0) is 20.2 Å². The SMILES string of the molecule is O=S(=O)(O)CCC1CNCC1CCS(=O)(=O)O. The lowest BCUT2D eigenvalue weighted by Gasteiger charge is -2.16. The van der Waals surface area contributed by atoms with E-state index in [1.165, 1.54) is 0 Å². The average molecular weight is 287 g/mol. The van der Waals surface area contributed by atoms with Crippen LogP contribution in [0.5, 0.6) is 0 Å². The lowest BCUT2D eigenvalue weighted by molar-refractivity contribution is 0.385. The summed E-state index contributed by atoms with van der Waals surface area (Å²) >= 11 is 0. The van der Waals surface area contributed by atoms with Crippen LogP contribution in [0.4, 0.5) is 0 Å². The molecule has 17 heavy (non-hydrogen) atoms. The molecule has 0 spiro atoms. The second-order valence-corrected chi connectivity index (χ2v) is 7.47. The van der Waals surface area contributed by atoms with Gasteiger partial charge in [0.1, 0.15) is 0 Å². The Morgan fingerprint density at radius 3 is 1.53 bits per heavy atom.